The number of para-hydroxylation sites is 1. The second kappa shape index (κ2) is 7.74. The minimum atomic E-state index is -0.840. The standard InChI is InChI=1S/C23H15Cl2NO3/c24-16-12-10-14(11-13-16)20-19(21(27)15-6-2-1-3-7-15)22(28)23(29)26(20)18-9-5-4-8-17(18)25/h1-13,20,27H. The van der Waals surface area contributed by atoms with Crippen LogP contribution in [0.25, 0.3) is 5.76 Å². The summed E-state index contributed by atoms with van der Waals surface area (Å²) < 4.78 is 0. The Morgan fingerprint density at radius 1 is 0.828 bits per heavy atom. The molecule has 1 N–H and O–H groups in total. The fraction of sp³-hybridized carbons (Fsp3) is 0.0435. The molecule has 0 saturated carbocycles. The van der Waals surface area contributed by atoms with Crippen LogP contribution in [-0.4, -0.2) is 16.8 Å². The third-order valence-corrected chi connectivity index (χ3v) is 5.36. The molecule has 1 aliphatic heterocycles. The van der Waals surface area contributed by atoms with Crippen molar-refractivity contribution in [2.24, 2.45) is 0 Å². The van der Waals surface area contributed by atoms with Crippen molar-refractivity contribution in [2.45, 2.75) is 6.04 Å². The second-order valence-corrected chi connectivity index (χ2v) is 7.38. The van der Waals surface area contributed by atoms with Crippen molar-refractivity contribution < 1.29 is 14.7 Å². The molecule has 0 bridgehead atoms. The number of hydrogen-bond acceptors (Lipinski definition) is 3. The summed E-state index contributed by atoms with van der Waals surface area (Å²) in [5.41, 5.74) is 1.47. The average molecular weight is 424 g/mol. The van der Waals surface area contributed by atoms with Gasteiger partial charge in [0, 0.05) is 10.6 Å². The molecular weight excluding hydrogens is 409 g/mol. The number of carbonyl (C=O) groups excluding carboxylic acids is 2. The summed E-state index contributed by atoms with van der Waals surface area (Å²) in [5, 5.41) is 11.8. The number of nitrogens with zero attached hydrogens (tertiary/aromatic N) is 1. The summed E-state index contributed by atoms with van der Waals surface area (Å²) in [5.74, 6) is -1.76. The maximum Gasteiger partial charge on any atom is 0.300 e. The number of Topliss-reactive ketones (excluding diaryl/α,β-unsaturated/α-hetero) is 1. The van der Waals surface area contributed by atoms with Gasteiger partial charge in [0.1, 0.15) is 5.76 Å². The molecule has 0 aromatic heterocycles. The number of halogens is 2. The quantitative estimate of drug-likeness (QED) is 0.337. The van der Waals surface area contributed by atoms with Crippen LogP contribution in [0.4, 0.5) is 5.69 Å². The van der Waals surface area contributed by atoms with E-state index < -0.39 is 17.7 Å². The van der Waals surface area contributed by atoms with Gasteiger partial charge in [0.25, 0.3) is 11.7 Å². The van der Waals surface area contributed by atoms with Crippen LogP contribution in [0, 0.1) is 0 Å². The lowest BCUT2D eigenvalue weighted by molar-refractivity contribution is -0.132. The lowest BCUT2D eigenvalue weighted by Crippen LogP contribution is -2.29. The van der Waals surface area contributed by atoms with E-state index >= 15 is 0 Å². The average Bonchev–Trinajstić information content (AvgIpc) is 3.00. The first-order valence-electron chi connectivity index (χ1n) is 8.85. The van der Waals surface area contributed by atoms with E-state index in [0.29, 0.717) is 26.9 Å². The van der Waals surface area contributed by atoms with Gasteiger partial charge in [0.15, 0.2) is 0 Å². The topological polar surface area (TPSA) is 57.6 Å². The molecule has 4 rings (SSSR count). The smallest absolute Gasteiger partial charge is 0.300 e. The highest BCUT2D eigenvalue weighted by Gasteiger charge is 2.47. The Bertz CT molecular complexity index is 1120. The van der Waals surface area contributed by atoms with Crippen LogP contribution in [-0.2, 0) is 9.59 Å². The molecule has 3 aromatic carbocycles. The number of hydrogen-bond donors (Lipinski definition) is 1. The summed E-state index contributed by atoms with van der Waals surface area (Å²) in [4.78, 5) is 27.3. The summed E-state index contributed by atoms with van der Waals surface area (Å²) in [6.45, 7) is 0. The van der Waals surface area contributed by atoms with Gasteiger partial charge >= 0.3 is 0 Å². The Balaban J connectivity index is 1.97. The monoisotopic (exact) mass is 423 g/mol. The molecule has 29 heavy (non-hydrogen) atoms. The number of carbonyl (C=O) groups is 2. The molecule has 1 fully saturated rings. The fourth-order valence-corrected chi connectivity index (χ4v) is 3.79. The first-order chi connectivity index (χ1) is 14.0. The molecule has 6 heteroatoms. The molecule has 3 aromatic rings. The van der Waals surface area contributed by atoms with Gasteiger partial charge in [-0.05, 0) is 29.8 Å². The van der Waals surface area contributed by atoms with Gasteiger partial charge in [0.2, 0.25) is 0 Å². The minimum Gasteiger partial charge on any atom is -0.507 e. The SMILES string of the molecule is O=C1C(=O)N(c2ccccc2Cl)C(c2ccc(Cl)cc2)C1=C(O)c1ccccc1. The molecule has 0 aliphatic carbocycles. The molecule has 1 atom stereocenters. The van der Waals surface area contributed by atoms with Crippen LogP contribution in [0.15, 0.2) is 84.4 Å². The van der Waals surface area contributed by atoms with E-state index in [4.69, 9.17) is 23.2 Å². The zero-order chi connectivity index (χ0) is 20.5. The summed E-state index contributed by atoms with van der Waals surface area (Å²) in [6, 6.07) is 21.4. The zero-order valence-electron chi connectivity index (χ0n) is 15.0. The van der Waals surface area contributed by atoms with Crippen LogP contribution in [0.2, 0.25) is 10.0 Å². The summed E-state index contributed by atoms with van der Waals surface area (Å²) in [6.07, 6.45) is 0. The van der Waals surface area contributed by atoms with Crippen LogP contribution in [0.1, 0.15) is 17.2 Å². The minimum absolute atomic E-state index is 0.00319. The van der Waals surface area contributed by atoms with Crippen molar-refractivity contribution in [3.8, 4) is 0 Å². The van der Waals surface area contributed by atoms with Crippen molar-refractivity contribution in [1.82, 2.24) is 0 Å². The molecule has 1 heterocycles. The fourth-order valence-electron chi connectivity index (χ4n) is 3.44. The van der Waals surface area contributed by atoms with Gasteiger partial charge in [-0.25, -0.2) is 0 Å². The van der Waals surface area contributed by atoms with Gasteiger partial charge in [0.05, 0.1) is 22.3 Å². The van der Waals surface area contributed by atoms with Gasteiger partial charge in [-0.15, -0.1) is 0 Å². The molecule has 1 saturated heterocycles. The van der Waals surface area contributed by atoms with Crippen LogP contribution in [0.3, 0.4) is 0 Å². The Labute approximate surface area is 177 Å². The van der Waals surface area contributed by atoms with Crippen LogP contribution in [0.5, 0.6) is 0 Å². The third-order valence-electron chi connectivity index (χ3n) is 4.79. The highest BCUT2D eigenvalue weighted by Crippen LogP contribution is 2.44. The van der Waals surface area contributed by atoms with Crippen LogP contribution >= 0.6 is 23.2 Å². The molecule has 0 radical (unpaired) electrons. The maximum absolute atomic E-state index is 13.0. The Morgan fingerprint density at radius 3 is 2.10 bits per heavy atom. The van der Waals surface area contributed by atoms with E-state index in [1.54, 1.807) is 78.9 Å². The van der Waals surface area contributed by atoms with Gasteiger partial charge in [-0.2, -0.15) is 0 Å². The third kappa shape index (κ3) is 3.41. The normalized spacial score (nSPS) is 18.3. The van der Waals surface area contributed by atoms with E-state index in [-0.39, 0.29) is 11.3 Å². The predicted molar refractivity (Wildman–Crippen MR) is 114 cm³/mol. The molecule has 1 amide bonds. The number of aliphatic hydroxyl groups excluding tert-OH is 1. The Kier molecular flexibility index (Phi) is 5.14. The molecule has 0 spiro atoms. The van der Waals surface area contributed by atoms with Crippen LogP contribution < -0.4 is 4.90 Å². The second-order valence-electron chi connectivity index (χ2n) is 6.54. The maximum atomic E-state index is 13.0. The largest absolute Gasteiger partial charge is 0.507 e. The van der Waals surface area contributed by atoms with E-state index in [1.165, 1.54) is 4.90 Å². The van der Waals surface area contributed by atoms with Gasteiger partial charge < -0.3 is 5.11 Å². The lowest BCUT2D eigenvalue weighted by atomic mass is 9.95. The Hall–Kier alpha value is -3.08. The van der Waals surface area contributed by atoms with E-state index in [9.17, 15) is 14.7 Å². The van der Waals surface area contributed by atoms with Crippen molar-refractivity contribution in [2.75, 3.05) is 4.90 Å². The lowest BCUT2D eigenvalue weighted by Gasteiger charge is -2.26. The van der Waals surface area contributed by atoms with E-state index in [0.717, 1.165) is 0 Å². The van der Waals surface area contributed by atoms with Crippen molar-refractivity contribution in [3.05, 3.63) is 106 Å². The van der Waals surface area contributed by atoms with E-state index in [2.05, 4.69) is 0 Å². The van der Waals surface area contributed by atoms with Gasteiger partial charge in [-0.3, -0.25) is 14.5 Å². The highest BCUT2D eigenvalue weighted by atomic mass is 35.5. The first-order valence-corrected chi connectivity index (χ1v) is 9.61. The first kappa shape index (κ1) is 19.2. The van der Waals surface area contributed by atoms with E-state index in [1.807, 2.05) is 0 Å². The number of amides is 1. The molecule has 1 unspecified atom stereocenters. The number of anilines is 1. The number of aliphatic hydroxyl groups is 1. The molecular formula is C23H15Cl2NO3. The number of rotatable bonds is 3. The van der Waals surface area contributed by atoms with Gasteiger partial charge in [-0.1, -0.05) is 77.8 Å². The predicted octanol–water partition coefficient (Wildman–Crippen LogP) is 5.62. The molecule has 4 nitrogen and oxygen atoms in total. The molecule has 144 valence electrons. The summed E-state index contributed by atoms with van der Waals surface area (Å²) >= 11 is 12.4. The summed E-state index contributed by atoms with van der Waals surface area (Å²) in [7, 11) is 0. The van der Waals surface area contributed by atoms with Crippen molar-refractivity contribution in [1.29, 1.82) is 0 Å². The number of benzene rings is 3. The molecule has 1 aliphatic rings. The van der Waals surface area contributed by atoms with Crippen molar-refractivity contribution in [3.63, 3.8) is 0 Å². The highest BCUT2D eigenvalue weighted by molar-refractivity contribution is 6.52. The number of ketones is 1. The zero-order valence-corrected chi connectivity index (χ0v) is 16.6. The Morgan fingerprint density at radius 2 is 1.45 bits per heavy atom. The van der Waals surface area contributed by atoms with Crippen molar-refractivity contribution >= 4 is 46.3 Å².